The minimum absolute atomic E-state index is 0.0948. The van der Waals surface area contributed by atoms with E-state index < -0.39 is 0 Å². The first-order valence-corrected chi connectivity index (χ1v) is 9.09. The molecule has 0 unspecified atom stereocenters. The predicted octanol–water partition coefficient (Wildman–Crippen LogP) is 3.58. The van der Waals surface area contributed by atoms with Crippen LogP contribution in [-0.2, 0) is 9.53 Å². The Labute approximate surface area is 158 Å². The second kappa shape index (κ2) is 7.68. The van der Waals surface area contributed by atoms with Gasteiger partial charge in [0.25, 0.3) is 5.91 Å². The van der Waals surface area contributed by atoms with Gasteiger partial charge in [-0.05, 0) is 29.8 Å². The number of morpholine rings is 1. The molecule has 0 spiro atoms. The van der Waals surface area contributed by atoms with Crippen molar-refractivity contribution in [3.63, 3.8) is 0 Å². The highest BCUT2D eigenvalue weighted by molar-refractivity contribution is 6.35. The predicted molar refractivity (Wildman–Crippen MR) is 108 cm³/mol. The van der Waals surface area contributed by atoms with E-state index in [0.29, 0.717) is 17.9 Å². The zero-order chi connectivity index (χ0) is 18.6. The quantitative estimate of drug-likeness (QED) is 0.652. The van der Waals surface area contributed by atoms with Crippen LogP contribution in [-0.4, -0.2) is 38.8 Å². The van der Waals surface area contributed by atoms with Crippen LogP contribution < -0.4 is 15.0 Å². The van der Waals surface area contributed by atoms with Crippen molar-refractivity contribution in [2.24, 2.45) is 0 Å². The molecule has 5 heteroatoms. The molecule has 0 aromatic heterocycles. The van der Waals surface area contributed by atoms with Crippen molar-refractivity contribution in [2.75, 3.05) is 43.1 Å². The molecule has 2 aromatic rings. The summed E-state index contributed by atoms with van der Waals surface area (Å²) in [7, 11) is 0. The van der Waals surface area contributed by atoms with E-state index in [0.717, 1.165) is 48.8 Å². The van der Waals surface area contributed by atoms with Crippen molar-refractivity contribution in [1.29, 1.82) is 0 Å². The van der Waals surface area contributed by atoms with Crippen LogP contribution >= 0.6 is 0 Å². The van der Waals surface area contributed by atoms with E-state index in [1.165, 1.54) is 0 Å². The fourth-order valence-electron chi connectivity index (χ4n) is 3.42. The Morgan fingerprint density at radius 3 is 2.81 bits per heavy atom. The second-order valence-electron chi connectivity index (χ2n) is 6.48. The van der Waals surface area contributed by atoms with Gasteiger partial charge in [-0.2, -0.15) is 0 Å². The van der Waals surface area contributed by atoms with Crippen molar-refractivity contribution in [3.05, 3.63) is 66.2 Å². The Hall–Kier alpha value is -3.05. The van der Waals surface area contributed by atoms with Gasteiger partial charge in [0.2, 0.25) is 0 Å². The summed E-state index contributed by atoms with van der Waals surface area (Å²) in [5.74, 6) is 0.617. The summed E-state index contributed by atoms with van der Waals surface area (Å²) in [6.45, 7) is 7.24. The Kier molecular flexibility index (Phi) is 4.94. The van der Waals surface area contributed by atoms with E-state index in [1.54, 1.807) is 6.08 Å². The number of para-hydroxylation sites is 1. The third-order valence-electron chi connectivity index (χ3n) is 4.73. The summed E-state index contributed by atoms with van der Waals surface area (Å²) < 4.78 is 11.0. The second-order valence-corrected chi connectivity index (χ2v) is 6.48. The highest BCUT2D eigenvalue weighted by atomic mass is 16.5. The molecule has 4 rings (SSSR count). The van der Waals surface area contributed by atoms with E-state index in [4.69, 9.17) is 9.47 Å². The van der Waals surface area contributed by atoms with Crippen molar-refractivity contribution in [1.82, 2.24) is 0 Å². The Morgan fingerprint density at radius 1 is 1.19 bits per heavy atom. The van der Waals surface area contributed by atoms with E-state index in [2.05, 4.69) is 22.9 Å². The minimum Gasteiger partial charge on any atom is -0.489 e. The molecule has 2 heterocycles. The Balaban J connectivity index is 1.68. The van der Waals surface area contributed by atoms with Crippen LogP contribution in [0.4, 0.5) is 11.4 Å². The van der Waals surface area contributed by atoms with Gasteiger partial charge in [0.15, 0.2) is 0 Å². The van der Waals surface area contributed by atoms with Crippen molar-refractivity contribution >= 4 is 28.9 Å². The maximum absolute atomic E-state index is 12.6. The fourth-order valence-corrected chi connectivity index (χ4v) is 3.42. The van der Waals surface area contributed by atoms with E-state index in [9.17, 15) is 4.79 Å². The molecule has 1 amide bonds. The molecule has 0 atom stereocenters. The molecule has 0 radical (unpaired) electrons. The number of benzene rings is 2. The molecular weight excluding hydrogens is 340 g/mol. The molecule has 0 aliphatic carbocycles. The maximum Gasteiger partial charge on any atom is 0.256 e. The molecule has 27 heavy (non-hydrogen) atoms. The van der Waals surface area contributed by atoms with Crippen LogP contribution in [0.25, 0.3) is 11.6 Å². The van der Waals surface area contributed by atoms with Gasteiger partial charge < -0.3 is 19.7 Å². The number of fused-ring (bicyclic) bond motifs is 1. The largest absolute Gasteiger partial charge is 0.489 e. The van der Waals surface area contributed by atoms with Crippen LogP contribution in [0, 0.1) is 0 Å². The molecule has 2 aliphatic rings. The number of hydrogen-bond donors (Lipinski definition) is 1. The molecular formula is C22H22N2O3. The summed E-state index contributed by atoms with van der Waals surface area (Å²) in [4.78, 5) is 14.9. The highest BCUT2D eigenvalue weighted by Crippen LogP contribution is 2.37. The summed E-state index contributed by atoms with van der Waals surface area (Å²) in [5.41, 5.74) is 4.49. The first kappa shape index (κ1) is 17.4. The smallest absolute Gasteiger partial charge is 0.256 e. The molecule has 138 valence electrons. The summed E-state index contributed by atoms with van der Waals surface area (Å²) in [6.07, 6.45) is 3.66. The Morgan fingerprint density at radius 2 is 2.00 bits per heavy atom. The van der Waals surface area contributed by atoms with Gasteiger partial charge in [-0.3, -0.25) is 4.79 Å². The summed E-state index contributed by atoms with van der Waals surface area (Å²) in [6, 6.07) is 13.8. The number of rotatable bonds is 5. The van der Waals surface area contributed by atoms with Crippen LogP contribution in [0.15, 0.2) is 55.1 Å². The standard InChI is InChI=1S/C22H22N2O3/c1-2-11-27-17-7-8-18-19(22(25)23-20(18)15-17)14-16-5-3-4-6-21(16)24-9-12-26-13-10-24/h2-8,14-15H,1,9-13H2,(H,23,25)/b19-14+. The first-order valence-electron chi connectivity index (χ1n) is 9.09. The van der Waals surface area contributed by atoms with Gasteiger partial charge in [0.05, 0.1) is 18.9 Å². The number of carbonyl (C=O) groups is 1. The van der Waals surface area contributed by atoms with Gasteiger partial charge in [-0.25, -0.2) is 0 Å². The topological polar surface area (TPSA) is 50.8 Å². The third kappa shape index (κ3) is 3.59. The molecule has 5 nitrogen and oxygen atoms in total. The molecule has 1 saturated heterocycles. The molecule has 0 bridgehead atoms. The van der Waals surface area contributed by atoms with Crippen molar-refractivity contribution in [2.45, 2.75) is 0 Å². The number of anilines is 2. The van der Waals surface area contributed by atoms with Gasteiger partial charge in [-0.1, -0.05) is 30.9 Å². The molecule has 1 N–H and O–H groups in total. The van der Waals surface area contributed by atoms with Gasteiger partial charge in [0.1, 0.15) is 12.4 Å². The molecule has 2 aliphatic heterocycles. The van der Waals surface area contributed by atoms with Crippen LogP contribution in [0.5, 0.6) is 5.75 Å². The van der Waals surface area contributed by atoms with Gasteiger partial charge in [-0.15, -0.1) is 0 Å². The summed E-state index contributed by atoms with van der Waals surface area (Å²) in [5, 5.41) is 2.94. The molecule has 0 saturated carbocycles. The first-order chi connectivity index (χ1) is 13.3. The molecule has 1 fully saturated rings. The SMILES string of the molecule is C=CCOc1ccc2c(c1)NC(=O)/C2=C/c1ccccc1N1CCOCC1. The zero-order valence-electron chi connectivity index (χ0n) is 15.1. The number of amides is 1. The lowest BCUT2D eigenvalue weighted by Gasteiger charge is -2.30. The number of nitrogens with one attached hydrogen (secondary N) is 1. The van der Waals surface area contributed by atoms with Crippen LogP contribution in [0.1, 0.15) is 11.1 Å². The van der Waals surface area contributed by atoms with Gasteiger partial charge in [0, 0.05) is 36.0 Å². The average molecular weight is 362 g/mol. The summed E-state index contributed by atoms with van der Waals surface area (Å²) >= 11 is 0. The fraction of sp³-hybridized carbons (Fsp3) is 0.227. The lowest BCUT2D eigenvalue weighted by atomic mass is 10.0. The lowest BCUT2D eigenvalue weighted by Crippen LogP contribution is -2.36. The maximum atomic E-state index is 12.6. The van der Waals surface area contributed by atoms with Crippen LogP contribution in [0.3, 0.4) is 0 Å². The lowest BCUT2D eigenvalue weighted by molar-refractivity contribution is -0.110. The van der Waals surface area contributed by atoms with Crippen molar-refractivity contribution in [3.8, 4) is 5.75 Å². The number of nitrogens with zero attached hydrogens (tertiary/aromatic N) is 1. The van der Waals surface area contributed by atoms with E-state index in [1.807, 2.05) is 42.5 Å². The van der Waals surface area contributed by atoms with E-state index in [-0.39, 0.29) is 5.91 Å². The van der Waals surface area contributed by atoms with Gasteiger partial charge >= 0.3 is 0 Å². The number of carbonyl (C=O) groups excluding carboxylic acids is 1. The number of hydrogen-bond acceptors (Lipinski definition) is 4. The zero-order valence-corrected chi connectivity index (χ0v) is 15.1. The van der Waals surface area contributed by atoms with Crippen LogP contribution in [0.2, 0.25) is 0 Å². The third-order valence-corrected chi connectivity index (χ3v) is 4.73. The van der Waals surface area contributed by atoms with E-state index >= 15 is 0 Å². The molecule has 2 aromatic carbocycles. The minimum atomic E-state index is -0.0948. The highest BCUT2D eigenvalue weighted by Gasteiger charge is 2.25. The average Bonchev–Trinajstić information content (AvgIpc) is 3.02. The monoisotopic (exact) mass is 362 g/mol. The number of ether oxygens (including phenoxy) is 2. The Bertz CT molecular complexity index is 898. The van der Waals surface area contributed by atoms with Crippen molar-refractivity contribution < 1.29 is 14.3 Å². The normalized spacial score (nSPS) is 17.6.